The maximum absolute atomic E-state index is 13.1. The number of aliphatic hydroxyl groups excluding tert-OH is 1. The molecule has 1 fully saturated rings. The summed E-state index contributed by atoms with van der Waals surface area (Å²) in [6.07, 6.45) is 3.19. The summed E-state index contributed by atoms with van der Waals surface area (Å²) < 4.78 is 0. The molecule has 1 aliphatic heterocycles. The highest BCUT2D eigenvalue weighted by Crippen LogP contribution is 2.42. The Morgan fingerprint density at radius 2 is 1.63 bits per heavy atom. The lowest BCUT2D eigenvalue weighted by Crippen LogP contribution is -2.29. The first-order valence-electron chi connectivity index (χ1n) is 9.42. The van der Waals surface area contributed by atoms with Gasteiger partial charge in [-0.3, -0.25) is 19.5 Å². The molecule has 1 aromatic heterocycles. The SMILES string of the molecule is Cc1ccc(N2C(=O)C(=O)/C(=C(/O)c3ccc(Cl)cc3)C2c2ccncc2)cc1C. The van der Waals surface area contributed by atoms with Gasteiger partial charge in [-0.1, -0.05) is 17.7 Å². The molecule has 6 heteroatoms. The summed E-state index contributed by atoms with van der Waals surface area (Å²) in [6.45, 7) is 3.93. The number of ketones is 1. The molecule has 2 aromatic carbocycles. The molecule has 1 unspecified atom stereocenters. The van der Waals surface area contributed by atoms with E-state index in [1.165, 1.54) is 4.90 Å². The minimum absolute atomic E-state index is 0.0340. The van der Waals surface area contributed by atoms with E-state index in [0.717, 1.165) is 11.1 Å². The fraction of sp³-hybridized carbons (Fsp3) is 0.125. The fourth-order valence-corrected chi connectivity index (χ4v) is 3.72. The van der Waals surface area contributed by atoms with Gasteiger partial charge in [0.1, 0.15) is 5.76 Å². The Hall–Kier alpha value is -3.44. The third-order valence-corrected chi connectivity index (χ3v) is 5.60. The highest BCUT2D eigenvalue weighted by Gasteiger charge is 2.47. The van der Waals surface area contributed by atoms with Gasteiger partial charge >= 0.3 is 0 Å². The van der Waals surface area contributed by atoms with Crippen LogP contribution in [0.15, 0.2) is 72.6 Å². The van der Waals surface area contributed by atoms with Crippen LogP contribution in [0.4, 0.5) is 5.69 Å². The quantitative estimate of drug-likeness (QED) is 0.370. The number of halogens is 1. The van der Waals surface area contributed by atoms with E-state index in [2.05, 4.69) is 4.98 Å². The van der Waals surface area contributed by atoms with Gasteiger partial charge in [-0.2, -0.15) is 0 Å². The predicted octanol–water partition coefficient (Wildman–Crippen LogP) is 4.98. The van der Waals surface area contributed by atoms with Crippen molar-refractivity contribution in [2.45, 2.75) is 19.9 Å². The minimum Gasteiger partial charge on any atom is -0.507 e. The number of aromatic nitrogens is 1. The lowest BCUT2D eigenvalue weighted by Gasteiger charge is -2.26. The standard InChI is InChI=1S/C24H19ClN2O3/c1-14-3-8-19(13-15(14)2)27-21(16-9-11-26-12-10-16)20(23(29)24(27)30)22(28)17-4-6-18(25)7-5-17/h3-13,21,28H,1-2H3/b22-20+. The highest BCUT2D eigenvalue weighted by molar-refractivity contribution is 6.51. The Morgan fingerprint density at radius 3 is 2.27 bits per heavy atom. The summed E-state index contributed by atoms with van der Waals surface area (Å²) in [5.74, 6) is -1.66. The Bertz CT molecular complexity index is 1170. The number of amides is 1. The largest absolute Gasteiger partial charge is 0.507 e. The van der Waals surface area contributed by atoms with Gasteiger partial charge in [0.15, 0.2) is 0 Å². The molecule has 30 heavy (non-hydrogen) atoms. The van der Waals surface area contributed by atoms with Crippen molar-refractivity contribution in [3.05, 3.63) is 99.8 Å². The number of carbonyl (C=O) groups excluding carboxylic acids is 2. The molecule has 0 aliphatic carbocycles. The molecule has 150 valence electrons. The first-order chi connectivity index (χ1) is 14.4. The van der Waals surface area contributed by atoms with E-state index in [4.69, 9.17) is 11.6 Å². The third kappa shape index (κ3) is 3.37. The van der Waals surface area contributed by atoms with E-state index in [1.54, 1.807) is 48.8 Å². The minimum atomic E-state index is -0.772. The van der Waals surface area contributed by atoms with Gasteiger partial charge in [0, 0.05) is 28.7 Å². The normalized spacial score (nSPS) is 18.1. The molecule has 5 nitrogen and oxygen atoms in total. The van der Waals surface area contributed by atoms with Gasteiger partial charge in [-0.15, -0.1) is 0 Å². The molecular weight excluding hydrogens is 400 g/mol. The average Bonchev–Trinajstić information content (AvgIpc) is 3.01. The van der Waals surface area contributed by atoms with Crippen molar-refractivity contribution < 1.29 is 14.7 Å². The molecule has 1 atom stereocenters. The van der Waals surface area contributed by atoms with Crippen molar-refractivity contribution in [3.8, 4) is 0 Å². The number of aliphatic hydroxyl groups is 1. The maximum Gasteiger partial charge on any atom is 0.300 e. The van der Waals surface area contributed by atoms with Crippen LogP contribution in [0, 0.1) is 13.8 Å². The van der Waals surface area contributed by atoms with Crippen molar-refractivity contribution in [1.82, 2.24) is 4.98 Å². The summed E-state index contributed by atoms with van der Waals surface area (Å²) >= 11 is 5.95. The molecule has 4 rings (SSSR count). The number of nitrogens with zero attached hydrogens (tertiary/aromatic N) is 2. The van der Waals surface area contributed by atoms with E-state index in [0.29, 0.717) is 21.8 Å². The lowest BCUT2D eigenvalue weighted by atomic mass is 9.95. The highest BCUT2D eigenvalue weighted by atomic mass is 35.5. The van der Waals surface area contributed by atoms with Crippen LogP contribution in [0.1, 0.15) is 28.3 Å². The zero-order chi connectivity index (χ0) is 21.4. The van der Waals surface area contributed by atoms with Crippen molar-refractivity contribution in [2.75, 3.05) is 4.90 Å². The monoisotopic (exact) mass is 418 g/mol. The summed E-state index contributed by atoms with van der Waals surface area (Å²) in [5, 5.41) is 11.5. The summed E-state index contributed by atoms with van der Waals surface area (Å²) in [5.41, 5.74) is 3.80. The molecule has 0 bridgehead atoms. The Labute approximate surface area is 179 Å². The summed E-state index contributed by atoms with van der Waals surface area (Å²) in [4.78, 5) is 31.6. The zero-order valence-corrected chi connectivity index (χ0v) is 17.2. The molecule has 1 N–H and O–H groups in total. The average molecular weight is 419 g/mol. The molecule has 0 saturated carbocycles. The zero-order valence-electron chi connectivity index (χ0n) is 16.5. The molecule has 0 radical (unpaired) electrons. The number of carbonyl (C=O) groups is 2. The topological polar surface area (TPSA) is 70.5 Å². The van der Waals surface area contributed by atoms with Crippen LogP contribution in [-0.2, 0) is 9.59 Å². The fourth-order valence-electron chi connectivity index (χ4n) is 3.60. The number of Topliss-reactive ketones (excluding diaryl/α,β-unsaturated/α-hetero) is 1. The number of hydrogen-bond donors (Lipinski definition) is 1. The predicted molar refractivity (Wildman–Crippen MR) is 116 cm³/mol. The van der Waals surface area contributed by atoms with Gasteiger partial charge < -0.3 is 5.11 Å². The molecule has 1 amide bonds. The number of rotatable bonds is 3. The van der Waals surface area contributed by atoms with Gasteiger partial charge in [0.05, 0.1) is 11.6 Å². The van der Waals surface area contributed by atoms with Crippen molar-refractivity contribution in [1.29, 1.82) is 0 Å². The Balaban J connectivity index is 1.94. The van der Waals surface area contributed by atoms with E-state index >= 15 is 0 Å². The second-order valence-corrected chi connectivity index (χ2v) is 7.66. The molecule has 1 saturated heterocycles. The Kier molecular flexibility index (Phi) is 5.14. The first kappa shape index (κ1) is 19.9. The molecule has 1 aliphatic rings. The van der Waals surface area contributed by atoms with E-state index < -0.39 is 17.7 Å². The lowest BCUT2D eigenvalue weighted by molar-refractivity contribution is -0.132. The van der Waals surface area contributed by atoms with E-state index in [9.17, 15) is 14.7 Å². The number of anilines is 1. The number of aryl methyl sites for hydroxylation is 2. The number of benzene rings is 2. The molecule has 2 heterocycles. The van der Waals surface area contributed by atoms with Crippen LogP contribution < -0.4 is 4.90 Å². The third-order valence-electron chi connectivity index (χ3n) is 5.35. The van der Waals surface area contributed by atoms with Gasteiger partial charge in [0.25, 0.3) is 11.7 Å². The van der Waals surface area contributed by atoms with Crippen molar-refractivity contribution in [3.63, 3.8) is 0 Å². The first-order valence-corrected chi connectivity index (χ1v) is 9.80. The molecular formula is C24H19ClN2O3. The Morgan fingerprint density at radius 1 is 0.967 bits per heavy atom. The van der Waals surface area contributed by atoms with Crippen molar-refractivity contribution in [2.24, 2.45) is 0 Å². The molecule has 0 spiro atoms. The van der Waals surface area contributed by atoms with Crippen LogP contribution >= 0.6 is 11.6 Å². The number of pyridine rings is 1. The van der Waals surface area contributed by atoms with Gasteiger partial charge in [0.2, 0.25) is 0 Å². The van der Waals surface area contributed by atoms with Crippen LogP contribution in [0.2, 0.25) is 5.02 Å². The number of hydrogen-bond acceptors (Lipinski definition) is 4. The van der Waals surface area contributed by atoms with Crippen LogP contribution in [-0.4, -0.2) is 21.8 Å². The van der Waals surface area contributed by atoms with E-state index in [1.807, 2.05) is 32.0 Å². The van der Waals surface area contributed by atoms with Crippen LogP contribution in [0.3, 0.4) is 0 Å². The second-order valence-electron chi connectivity index (χ2n) is 7.23. The summed E-state index contributed by atoms with van der Waals surface area (Å²) in [7, 11) is 0. The molecule has 3 aromatic rings. The van der Waals surface area contributed by atoms with E-state index in [-0.39, 0.29) is 11.3 Å². The smallest absolute Gasteiger partial charge is 0.300 e. The van der Waals surface area contributed by atoms with Crippen LogP contribution in [0.25, 0.3) is 5.76 Å². The summed E-state index contributed by atoms with van der Waals surface area (Å²) in [6, 6.07) is 14.8. The second kappa shape index (κ2) is 7.76. The van der Waals surface area contributed by atoms with Gasteiger partial charge in [-0.25, -0.2) is 0 Å². The van der Waals surface area contributed by atoms with Gasteiger partial charge in [-0.05, 0) is 79.1 Å². The van der Waals surface area contributed by atoms with Crippen LogP contribution in [0.5, 0.6) is 0 Å². The van der Waals surface area contributed by atoms with Crippen molar-refractivity contribution >= 4 is 34.7 Å². The maximum atomic E-state index is 13.1.